The molecule has 0 fully saturated rings. The molecular formula is C14H16ClN3O2S. The van der Waals surface area contributed by atoms with Crippen molar-refractivity contribution in [2.45, 2.75) is 31.2 Å². The summed E-state index contributed by atoms with van der Waals surface area (Å²) in [5.74, 6) is 0.603. The average Bonchev–Trinajstić information content (AvgIpc) is 2.72. The first kappa shape index (κ1) is 15.7. The standard InChI is InChI=1S/C14H16ClN3O2S/c1-7-8(2)20-14(17-7)21-9(3)13(19)18-10-4-5-11(15)12(16)6-10/h4-6,9H,16H2,1-3H3,(H,18,19). The second-order valence-electron chi connectivity index (χ2n) is 4.61. The van der Waals surface area contributed by atoms with E-state index in [1.54, 1.807) is 25.1 Å². The maximum absolute atomic E-state index is 12.1. The highest BCUT2D eigenvalue weighted by molar-refractivity contribution is 8.00. The highest BCUT2D eigenvalue weighted by Gasteiger charge is 2.18. The molecule has 1 aromatic carbocycles. The molecule has 1 atom stereocenters. The van der Waals surface area contributed by atoms with Gasteiger partial charge < -0.3 is 15.5 Å². The zero-order valence-electron chi connectivity index (χ0n) is 11.9. The number of thioether (sulfide) groups is 1. The van der Waals surface area contributed by atoms with Crippen LogP contribution in [0.4, 0.5) is 11.4 Å². The molecule has 0 aliphatic heterocycles. The van der Waals surface area contributed by atoms with E-state index >= 15 is 0 Å². The smallest absolute Gasteiger partial charge is 0.256 e. The summed E-state index contributed by atoms with van der Waals surface area (Å²) >= 11 is 7.11. The van der Waals surface area contributed by atoms with E-state index in [-0.39, 0.29) is 11.2 Å². The van der Waals surface area contributed by atoms with Gasteiger partial charge in [0.05, 0.1) is 21.7 Å². The van der Waals surface area contributed by atoms with Crippen molar-refractivity contribution >= 4 is 40.6 Å². The lowest BCUT2D eigenvalue weighted by Crippen LogP contribution is -2.22. The first-order chi connectivity index (χ1) is 9.86. The third-order valence-corrected chi connectivity index (χ3v) is 4.21. The van der Waals surface area contributed by atoms with Gasteiger partial charge in [0.2, 0.25) is 5.91 Å². The number of nitrogens with two attached hydrogens (primary N) is 1. The number of nitrogens with zero attached hydrogens (tertiary/aromatic N) is 1. The Morgan fingerprint density at radius 3 is 2.76 bits per heavy atom. The van der Waals surface area contributed by atoms with Crippen molar-refractivity contribution in [1.29, 1.82) is 0 Å². The molecule has 2 aromatic rings. The van der Waals surface area contributed by atoms with Gasteiger partial charge in [0, 0.05) is 5.69 Å². The molecule has 1 unspecified atom stereocenters. The Bertz CT molecular complexity index is 653. The zero-order chi connectivity index (χ0) is 15.6. The summed E-state index contributed by atoms with van der Waals surface area (Å²) in [6, 6.07) is 4.97. The van der Waals surface area contributed by atoms with E-state index in [0.717, 1.165) is 11.5 Å². The molecule has 0 radical (unpaired) electrons. The summed E-state index contributed by atoms with van der Waals surface area (Å²) in [5, 5.41) is 3.38. The first-order valence-electron chi connectivity index (χ1n) is 6.33. The Balaban J connectivity index is 2.00. The average molecular weight is 326 g/mol. The van der Waals surface area contributed by atoms with E-state index in [1.807, 2.05) is 13.8 Å². The summed E-state index contributed by atoms with van der Waals surface area (Å²) in [6.07, 6.45) is 0. The Morgan fingerprint density at radius 2 is 2.19 bits per heavy atom. The predicted molar refractivity (Wildman–Crippen MR) is 85.8 cm³/mol. The van der Waals surface area contributed by atoms with Crippen LogP contribution in [-0.2, 0) is 4.79 Å². The first-order valence-corrected chi connectivity index (χ1v) is 7.59. The predicted octanol–water partition coefficient (Wildman–Crippen LogP) is 3.65. The lowest BCUT2D eigenvalue weighted by molar-refractivity contribution is -0.115. The molecule has 0 aliphatic carbocycles. The van der Waals surface area contributed by atoms with Gasteiger partial charge in [-0.25, -0.2) is 4.98 Å². The number of benzene rings is 1. The fourth-order valence-electron chi connectivity index (χ4n) is 1.56. The van der Waals surface area contributed by atoms with Crippen LogP contribution in [0.25, 0.3) is 0 Å². The number of hydrogen-bond acceptors (Lipinski definition) is 5. The van der Waals surface area contributed by atoms with Crippen LogP contribution in [0.1, 0.15) is 18.4 Å². The summed E-state index contributed by atoms with van der Waals surface area (Å²) < 4.78 is 5.45. The summed E-state index contributed by atoms with van der Waals surface area (Å²) in [4.78, 5) is 16.4. The van der Waals surface area contributed by atoms with Crippen molar-refractivity contribution in [3.05, 3.63) is 34.7 Å². The minimum Gasteiger partial charge on any atom is -0.437 e. The van der Waals surface area contributed by atoms with Gasteiger partial charge in [0.1, 0.15) is 5.76 Å². The van der Waals surface area contributed by atoms with Gasteiger partial charge in [0.25, 0.3) is 5.22 Å². The van der Waals surface area contributed by atoms with Crippen molar-refractivity contribution in [2.75, 3.05) is 11.1 Å². The molecule has 1 heterocycles. The number of aromatic nitrogens is 1. The second-order valence-corrected chi connectivity index (χ2v) is 6.31. The number of aryl methyl sites for hydroxylation is 2. The van der Waals surface area contributed by atoms with Crippen LogP contribution in [0.15, 0.2) is 27.8 Å². The number of carbonyl (C=O) groups is 1. The number of oxazole rings is 1. The van der Waals surface area contributed by atoms with Crippen LogP contribution < -0.4 is 11.1 Å². The van der Waals surface area contributed by atoms with Crippen LogP contribution in [-0.4, -0.2) is 16.1 Å². The maximum Gasteiger partial charge on any atom is 0.256 e. The number of hydrogen-bond donors (Lipinski definition) is 2. The molecule has 112 valence electrons. The second kappa shape index (κ2) is 6.41. The topological polar surface area (TPSA) is 81.2 Å². The fourth-order valence-corrected chi connectivity index (χ4v) is 2.51. The third kappa shape index (κ3) is 3.92. The Hall–Kier alpha value is -1.66. The molecule has 7 heteroatoms. The van der Waals surface area contributed by atoms with E-state index in [2.05, 4.69) is 10.3 Å². The number of nitrogens with one attached hydrogen (secondary N) is 1. The summed E-state index contributed by atoms with van der Waals surface area (Å²) in [5.41, 5.74) is 7.56. The minimum atomic E-state index is -0.348. The monoisotopic (exact) mass is 325 g/mol. The highest BCUT2D eigenvalue weighted by Crippen LogP contribution is 2.26. The van der Waals surface area contributed by atoms with Crippen LogP contribution >= 0.6 is 23.4 Å². The number of carbonyl (C=O) groups excluding carboxylic acids is 1. The molecule has 1 amide bonds. The van der Waals surface area contributed by atoms with Crippen molar-refractivity contribution in [2.24, 2.45) is 0 Å². The zero-order valence-corrected chi connectivity index (χ0v) is 13.5. The third-order valence-electron chi connectivity index (χ3n) is 2.92. The number of nitrogen functional groups attached to an aromatic ring is 1. The van der Waals surface area contributed by atoms with Gasteiger partial charge in [-0.3, -0.25) is 4.79 Å². The molecule has 1 aromatic heterocycles. The van der Waals surface area contributed by atoms with Gasteiger partial charge in [0.15, 0.2) is 0 Å². The van der Waals surface area contributed by atoms with Gasteiger partial charge in [-0.15, -0.1) is 0 Å². The van der Waals surface area contributed by atoms with Crippen molar-refractivity contribution in [3.8, 4) is 0 Å². The molecule has 0 aliphatic rings. The molecule has 0 saturated heterocycles. The largest absolute Gasteiger partial charge is 0.437 e. The molecule has 0 saturated carbocycles. The molecule has 0 bridgehead atoms. The number of amides is 1. The highest BCUT2D eigenvalue weighted by atomic mass is 35.5. The number of anilines is 2. The summed E-state index contributed by atoms with van der Waals surface area (Å²) in [7, 11) is 0. The fraction of sp³-hybridized carbons (Fsp3) is 0.286. The maximum atomic E-state index is 12.1. The molecule has 0 spiro atoms. The minimum absolute atomic E-state index is 0.157. The van der Waals surface area contributed by atoms with Crippen molar-refractivity contribution in [1.82, 2.24) is 4.98 Å². The molecular weight excluding hydrogens is 310 g/mol. The number of rotatable bonds is 4. The van der Waals surface area contributed by atoms with Crippen LogP contribution in [0, 0.1) is 13.8 Å². The van der Waals surface area contributed by atoms with Gasteiger partial charge in [-0.1, -0.05) is 23.4 Å². The quantitative estimate of drug-likeness (QED) is 0.662. The van der Waals surface area contributed by atoms with Crippen LogP contribution in [0.3, 0.4) is 0 Å². The van der Waals surface area contributed by atoms with Gasteiger partial charge in [-0.05, 0) is 39.0 Å². The molecule has 2 rings (SSSR count). The van der Waals surface area contributed by atoms with Crippen molar-refractivity contribution in [3.63, 3.8) is 0 Å². The van der Waals surface area contributed by atoms with Crippen LogP contribution in [0.5, 0.6) is 0 Å². The normalized spacial score (nSPS) is 12.2. The van der Waals surface area contributed by atoms with Gasteiger partial charge >= 0.3 is 0 Å². The van der Waals surface area contributed by atoms with E-state index in [1.165, 1.54) is 11.8 Å². The SMILES string of the molecule is Cc1nc(SC(C)C(=O)Nc2ccc(Cl)c(N)c2)oc1C. The lowest BCUT2D eigenvalue weighted by atomic mass is 10.2. The Morgan fingerprint density at radius 1 is 1.48 bits per heavy atom. The van der Waals surface area contributed by atoms with E-state index in [0.29, 0.717) is 21.6 Å². The molecule has 3 N–H and O–H groups in total. The summed E-state index contributed by atoms with van der Waals surface area (Å²) in [6.45, 7) is 5.49. The molecule has 5 nitrogen and oxygen atoms in total. The lowest BCUT2D eigenvalue weighted by Gasteiger charge is -2.10. The number of halogens is 1. The van der Waals surface area contributed by atoms with Crippen molar-refractivity contribution < 1.29 is 9.21 Å². The van der Waals surface area contributed by atoms with Crippen LogP contribution in [0.2, 0.25) is 5.02 Å². The Labute approximate surface area is 132 Å². The molecule has 21 heavy (non-hydrogen) atoms. The Kier molecular flexibility index (Phi) is 4.80. The van der Waals surface area contributed by atoms with Gasteiger partial charge in [-0.2, -0.15) is 0 Å². The van der Waals surface area contributed by atoms with E-state index in [9.17, 15) is 4.79 Å². The van der Waals surface area contributed by atoms with E-state index in [4.69, 9.17) is 21.8 Å². The van der Waals surface area contributed by atoms with E-state index < -0.39 is 0 Å².